The monoisotopic (exact) mass is 507 g/mol. The molecule has 0 bridgehead atoms. The maximum atomic E-state index is 14.1. The molecular formula is C29H42FN7. The molecule has 1 aliphatic heterocycles. The van der Waals surface area contributed by atoms with Crippen LogP contribution in [0.3, 0.4) is 0 Å². The Morgan fingerprint density at radius 2 is 1.76 bits per heavy atom. The first-order valence-electron chi connectivity index (χ1n) is 12.9. The number of piperidine rings is 1. The van der Waals surface area contributed by atoms with Gasteiger partial charge >= 0.3 is 0 Å². The van der Waals surface area contributed by atoms with Crippen LogP contribution < -0.4 is 17.4 Å². The van der Waals surface area contributed by atoms with E-state index in [2.05, 4.69) is 39.3 Å². The molecule has 8 heteroatoms. The van der Waals surface area contributed by atoms with Gasteiger partial charge in [-0.3, -0.25) is 9.91 Å². The number of allylic oxidation sites excluding steroid dienone is 5. The second-order valence-corrected chi connectivity index (χ2v) is 8.75. The van der Waals surface area contributed by atoms with Crippen LogP contribution in [0.4, 0.5) is 10.2 Å². The number of hydrogen-bond donors (Lipinski definition) is 3. The number of nitrogens with two attached hydrogens (primary N) is 3. The van der Waals surface area contributed by atoms with E-state index in [0.29, 0.717) is 16.8 Å². The number of pyridine rings is 1. The van der Waals surface area contributed by atoms with Gasteiger partial charge in [0.2, 0.25) is 0 Å². The molecule has 0 unspecified atom stereocenters. The fourth-order valence-corrected chi connectivity index (χ4v) is 4.12. The number of aromatic nitrogens is 1. The van der Waals surface area contributed by atoms with Crippen molar-refractivity contribution >= 4 is 11.7 Å². The highest BCUT2D eigenvalue weighted by Crippen LogP contribution is 2.26. The predicted octanol–water partition coefficient (Wildman–Crippen LogP) is 5.86. The molecule has 0 spiro atoms. The Morgan fingerprint density at radius 3 is 2.32 bits per heavy atom. The summed E-state index contributed by atoms with van der Waals surface area (Å²) in [5, 5.41) is 5.12. The standard InChI is InChI=1S/C27H36FN7.C2H6/c1-4-5-9-25(19(2)20(3)28)35(31)27(33-30)24-16-23(17-32-26(24)29)22-12-10-21(11-13-22)18-34-14-7-6-8-15-34;1-2/h4-5,9-13,16-17H,6-8,14-15,18,30-31H2,1-3H3,(H2,29,32);1-2H3/b5-4-,20-19+,25-9+,33-27-;. The summed E-state index contributed by atoms with van der Waals surface area (Å²) in [6.45, 7) is 12.1. The fourth-order valence-electron chi connectivity index (χ4n) is 4.12. The molecule has 3 rings (SSSR count). The minimum absolute atomic E-state index is 0.176. The van der Waals surface area contributed by atoms with Gasteiger partial charge < -0.3 is 11.6 Å². The average molecular weight is 508 g/mol. The van der Waals surface area contributed by atoms with E-state index in [1.807, 2.05) is 32.9 Å². The van der Waals surface area contributed by atoms with Crippen LogP contribution in [0.25, 0.3) is 11.1 Å². The van der Waals surface area contributed by atoms with Gasteiger partial charge in [-0.15, -0.1) is 0 Å². The lowest BCUT2D eigenvalue weighted by Gasteiger charge is -2.26. The molecule has 0 aliphatic carbocycles. The van der Waals surface area contributed by atoms with Crippen molar-refractivity contribution in [1.29, 1.82) is 0 Å². The normalized spacial score (nSPS) is 15.8. The lowest BCUT2D eigenvalue weighted by atomic mass is 10.0. The van der Waals surface area contributed by atoms with E-state index in [9.17, 15) is 4.39 Å². The van der Waals surface area contributed by atoms with Gasteiger partial charge in [-0.2, -0.15) is 5.10 Å². The Kier molecular flexibility index (Phi) is 12.0. The van der Waals surface area contributed by atoms with E-state index in [4.69, 9.17) is 17.4 Å². The van der Waals surface area contributed by atoms with Crippen molar-refractivity contribution in [3.63, 3.8) is 0 Å². The van der Waals surface area contributed by atoms with Crippen molar-refractivity contribution in [1.82, 2.24) is 14.9 Å². The average Bonchev–Trinajstić information content (AvgIpc) is 2.92. The van der Waals surface area contributed by atoms with Crippen LogP contribution >= 0.6 is 0 Å². The van der Waals surface area contributed by atoms with Crippen LogP contribution in [-0.4, -0.2) is 33.8 Å². The fraction of sp³-hybridized carbons (Fsp3) is 0.379. The van der Waals surface area contributed by atoms with Crippen molar-refractivity contribution in [2.45, 2.75) is 60.4 Å². The maximum Gasteiger partial charge on any atom is 0.177 e. The van der Waals surface area contributed by atoms with Crippen LogP contribution in [0.1, 0.15) is 65.0 Å². The maximum absolute atomic E-state index is 14.1. The van der Waals surface area contributed by atoms with Crippen molar-refractivity contribution in [3.05, 3.63) is 83.0 Å². The lowest BCUT2D eigenvalue weighted by molar-refractivity contribution is 0.221. The zero-order valence-electron chi connectivity index (χ0n) is 22.8. The van der Waals surface area contributed by atoms with E-state index >= 15 is 0 Å². The van der Waals surface area contributed by atoms with E-state index in [0.717, 1.165) is 30.8 Å². The molecule has 1 fully saturated rings. The number of halogens is 1. The molecule has 1 aromatic heterocycles. The van der Waals surface area contributed by atoms with E-state index in [-0.39, 0.29) is 17.5 Å². The molecule has 7 nitrogen and oxygen atoms in total. The smallest absolute Gasteiger partial charge is 0.177 e. The third-order valence-corrected chi connectivity index (χ3v) is 6.26. The quantitative estimate of drug-likeness (QED) is 0.142. The summed E-state index contributed by atoms with van der Waals surface area (Å²) >= 11 is 0. The highest BCUT2D eigenvalue weighted by atomic mass is 19.1. The molecule has 0 amide bonds. The van der Waals surface area contributed by atoms with E-state index < -0.39 is 0 Å². The first-order valence-corrected chi connectivity index (χ1v) is 12.9. The highest BCUT2D eigenvalue weighted by molar-refractivity contribution is 6.04. The lowest BCUT2D eigenvalue weighted by Crippen LogP contribution is -2.39. The number of nitrogen functional groups attached to an aromatic ring is 1. The molecule has 0 atom stereocenters. The van der Waals surface area contributed by atoms with Gasteiger partial charge in [0.05, 0.1) is 11.3 Å². The Labute approximate surface area is 221 Å². The highest BCUT2D eigenvalue weighted by Gasteiger charge is 2.21. The number of rotatable bonds is 7. The summed E-state index contributed by atoms with van der Waals surface area (Å²) in [7, 11) is 0. The second kappa shape index (κ2) is 14.9. The third kappa shape index (κ3) is 8.00. The Bertz CT molecular complexity index is 1120. The first-order chi connectivity index (χ1) is 17.8. The molecular weight excluding hydrogens is 465 g/mol. The van der Waals surface area contributed by atoms with Gasteiger partial charge in [0.15, 0.2) is 5.84 Å². The molecule has 6 N–H and O–H groups in total. The molecule has 2 heterocycles. The van der Waals surface area contributed by atoms with Crippen LogP contribution in [0.15, 0.2) is 77.0 Å². The van der Waals surface area contributed by atoms with Crippen LogP contribution in [-0.2, 0) is 6.54 Å². The number of hydrazone groups is 1. The first kappa shape index (κ1) is 29.7. The predicted molar refractivity (Wildman–Crippen MR) is 154 cm³/mol. The van der Waals surface area contributed by atoms with Gasteiger partial charge in [0.1, 0.15) is 11.6 Å². The van der Waals surface area contributed by atoms with Crippen molar-refractivity contribution in [2.75, 3.05) is 18.8 Å². The summed E-state index contributed by atoms with van der Waals surface area (Å²) in [5.41, 5.74) is 10.5. The molecule has 200 valence electrons. The molecule has 0 radical (unpaired) electrons. The van der Waals surface area contributed by atoms with Crippen molar-refractivity contribution in [3.8, 4) is 11.1 Å². The largest absolute Gasteiger partial charge is 0.383 e. The van der Waals surface area contributed by atoms with Gasteiger partial charge in [0.25, 0.3) is 0 Å². The number of hydrazine groups is 1. The van der Waals surface area contributed by atoms with E-state index in [1.54, 1.807) is 25.3 Å². The van der Waals surface area contributed by atoms with Crippen LogP contribution in [0.5, 0.6) is 0 Å². The van der Waals surface area contributed by atoms with Gasteiger partial charge in [-0.25, -0.2) is 15.2 Å². The Hall–Kier alpha value is -3.49. The van der Waals surface area contributed by atoms with Crippen molar-refractivity contribution < 1.29 is 4.39 Å². The zero-order chi connectivity index (χ0) is 27.4. The molecule has 37 heavy (non-hydrogen) atoms. The summed E-state index contributed by atoms with van der Waals surface area (Å²) < 4.78 is 14.1. The molecule has 0 saturated carbocycles. The zero-order valence-corrected chi connectivity index (χ0v) is 22.8. The van der Waals surface area contributed by atoms with Crippen molar-refractivity contribution in [2.24, 2.45) is 16.8 Å². The molecule has 2 aromatic rings. The second-order valence-electron chi connectivity index (χ2n) is 8.75. The summed E-state index contributed by atoms with van der Waals surface area (Å²) in [6.07, 6.45) is 10.9. The van der Waals surface area contributed by atoms with Crippen LogP contribution in [0, 0.1) is 0 Å². The number of hydrogen-bond acceptors (Lipinski definition) is 6. The molecule has 1 aromatic carbocycles. The Morgan fingerprint density at radius 1 is 1.11 bits per heavy atom. The molecule has 1 saturated heterocycles. The summed E-state index contributed by atoms with van der Waals surface area (Å²) in [4.78, 5) is 6.85. The minimum Gasteiger partial charge on any atom is -0.383 e. The number of likely N-dealkylation sites (tertiary alicyclic amines) is 1. The summed E-state index contributed by atoms with van der Waals surface area (Å²) in [5.74, 6) is 12.2. The van der Waals surface area contributed by atoms with Crippen LogP contribution in [0.2, 0.25) is 0 Å². The topological polar surface area (TPSA) is 110 Å². The number of amidine groups is 1. The number of benzene rings is 1. The number of anilines is 1. The third-order valence-electron chi connectivity index (χ3n) is 6.26. The van der Waals surface area contributed by atoms with Gasteiger partial charge in [-0.1, -0.05) is 56.7 Å². The SMILES string of the molecule is CC.C\C=C/C=C(\C(C)=C(/C)F)N(N)/C(=N\N)c1cc(-c2ccc(CN3CCCCC3)cc2)cnc1N. The Balaban J connectivity index is 0.00000235. The van der Waals surface area contributed by atoms with Gasteiger partial charge in [0, 0.05) is 23.9 Å². The molecule has 1 aliphatic rings. The number of nitrogens with zero attached hydrogens (tertiary/aromatic N) is 4. The minimum atomic E-state index is -0.364. The van der Waals surface area contributed by atoms with Gasteiger partial charge in [-0.05, 0) is 70.0 Å². The summed E-state index contributed by atoms with van der Waals surface area (Å²) in [6, 6.07) is 10.3. The van der Waals surface area contributed by atoms with E-state index in [1.165, 1.54) is 36.8 Å².